The molecule has 468 valence electrons. The molecule has 0 saturated carbocycles. The molecule has 0 aliphatic heterocycles. The fourth-order valence-corrected chi connectivity index (χ4v) is 15.4. The van der Waals surface area contributed by atoms with Gasteiger partial charge in [0.05, 0.1) is 35.0 Å². The van der Waals surface area contributed by atoms with E-state index < -0.39 is 63.4 Å². The third-order valence-corrected chi connectivity index (χ3v) is 20.5. The van der Waals surface area contributed by atoms with Crippen LogP contribution >= 0.6 is 0 Å². The molecule has 4 N–H and O–H groups in total. The quantitative estimate of drug-likeness (QED) is 0.0252. The molecule has 0 fully saturated rings. The molecule has 79 heavy (non-hydrogen) atoms. The summed E-state index contributed by atoms with van der Waals surface area (Å²) in [5.41, 5.74) is -4.85. The summed E-state index contributed by atoms with van der Waals surface area (Å²) in [6, 6.07) is 0. The number of carboxylic acids is 2. The summed E-state index contributed by atoms with van der Waals surface area (Å²) in [5.74, 6) is -4.68. The van der Waals surface area contributed by atoms with Gasteiger partial charge in [-0.05, 0) is 39.5 Å². The Morgan fingerprint density at radius 3 is 0.494 bits per heavy atom. The van der Waals surface area contributed by atoms with Crippen molar-refractivity contribution < 1.29 is 53.5 Å². The molecule has 0 radical (unpaired) electrons. The minimum Gasteiger partial charge on any atom is -0.547 e. The van der Waals surface area contributed by atoms with Crippen LogP contribution in [0.5, 0.6) is 0 Å². The van der Waals surface area contributed by atoms with Crippen LogP contribution in [0.3, 0.4) is 0 Å². The van der Waals surface area contributed by atoms with Crippen molar-refractivity contribution in [1.29, 1.82) is 0 Å². The van der Waals surface area contributed by atoms with E-state index in [1.54, 1.807) is 0 Å². The summed E-state index contributed by atoms with van der Waals surface area (Å²) in [5, 5.41) is 23.5. The number of unbranched alkanes of at least 4 members (excludes halogenated alkanes) is 40. The van der Waals surface area contributed by atoms with Crippen molar-refractivity contribution in [3.8, 4) is 0 Å². The molecule has 0 bridgehead atoms. The maximum Gasteiger partial charge on any atom is 2.00 e. The van der Waals surface area contributed by atoms with E-state index in [9.17, 15) is 53.5 Å². The first-order chi connectivity index (χ1) is 37.0. The van der Waals surface area contributed by atoms with Crippen molar-refractivity contribution in [2.45, 2.75) is 335 Å². The average Bonchev–Trinajstić information content (AvgIpc) is 3.35. The van der Waals surface area contributed by atoms with Crippen LogP contribution in [-0.4, -0.2) is 129 Å². The Morgan fingerprint density at radius 1 is 0.266 bits per heavy atom. The van der Waals surface area contributed by atoms with Crippen LogP contribution in [0.15, 0.2) is 0 Å². The van der Waals surface area contributed by atoms with Crippen molar-refractivity contribution in [2.24, 2.45) is 0 Å². The van der Waals surface area contributed by atoms with Gasteiger partial charge >= 0.3 is 48.9 Å². The van der Waals surface area contributed by atoms with Gasteiger partial charge in [0.25, 0.3) is 0 Å². The molecule has 0 aromatic heterocycles. The van der Waals surface area contributed by atoms with Crippen LogP contribution in [-0.2, 0) is 49.7 Å². The Labute approximate surface area is 526 Å². The molecule has 0 aromatic rings. The van der Waals surface area contributed by atoms with Gasteiger partial charge in [0, 0.05) is 0 Å². The van der Waals surface area contributed by atoms with E-state index in [2.05, 4.69) is 27.7 Å². The molecular weight excluding hydrogens is 1210 g/mol. The number of hydrogen-bond acceptors (Lipinski definition) is 12. The van der Waals surface area contributed by atoms with Gasteiger partial charge in [-0.25, -0.2) is 33.7 Å². The van der Waals surface area contributed by atoms with Crippen molar-refractivity contribution in [3.05, 3.63) is 0 Å². The SMILES string of the molecule is CCCCCCCCCCCCCS(=O)(=O)NC(C)(NS(=O)(=O)CCCCCCCCCCCCC)C(=O)[O-].CCCCCCCCCCCCCS(=O)(=O)NC(C)(NS(=O)(=O)CCCCCCCCCCCCC)C(=O)[O-].[Ba+2]. The van der Waals surface area contributed by atoms with E-state index in [4.69, 9.17) is 0 Å². The van der Waals surface area contributed by atoms with Gasteiger partial charge in [0.1, 0.15) is 11.3 Å². The van der Waals surface area contributed by atoms with Crippen LogP contribution in [0.4, 0.5) is 0 Å². The van der Waals surface area contributed by atoms with Crippen LogP contribution in [0.25, 0.3) is 0 Å². The topological polar surface area (TPSA) is 265 Å². The maximum absolute atomic E-state index is 12.5. The first kappa shape index (κ1) is 83.4. The predicted octanol–water partition coefficient (Wildman–Crippen LogP) is 11.4. The van der Waals surface area contributed by atoms with Gasteiger partial charge in [0.15, 0.2) is 0 Å². The number of carbonyl (C=O) groups is 2. The minimum atomic E-state index is -4.01. The molecular formula is C58H118BaN4O12S4. The molecule has 0 rings (SSSR count). The van der Waals surface area contributed by atoms with E-state index in [0.717, 1.165) is 117 Å². The Morgan fingerprint density at radius 2 is 0.380 bits per heavy atom. The zero-order valence-electron chi connectivity index (χ0n) is 51.2. The molecule has 0 heterocycles. The van der Waals surface area contributed by atoms with Gasteiger partial charge < -0.3 is 19.8 Å². The fraction of sp³-hybridized carbons (Fsp3) is 0.966. The predicted molar refractivity (Wildman–Crippen MR) is 326 cm³/mol. The van der Waals surface area contributed by atoms with Gasteiger partial charge in [-0.15, -0.1) is 0 Å². The summed E-state index contributed by atoms with van der Waals surface area (Å²) in [6.45, 7) is 10.8. The summed E-state index contributed by atoms with van der Waals surface area (Å²) < 4.78 is 108. The van der Waals surface area contributed by atoms with Gasteiger partial charge in [0.2, 0.25) is 40.1 Å². The average molecular weight is 1330 g/mol. The number of carboxylic acid groups (broad SMARTS) is 2. The monoisotopic (exact) mass is 1330 g/mol. The largest absolute Gasteiger partial charge is 2.00 e. The van der Waals surface area contributed by atoms with Crippen LogP contribution in [0.2, 0.25) is 0 Å². The van der Waals surface area contributed by atoms with Crippen LogP contribution in [0, 0.1) is 0 Å². The van der Waals surface area contributed by atoms with Gasteiger partial charge in [-0.2, -0.15) is 18.9 Å². The number of aliphatic carboxylic acids is 2. The Hall–Kier alpha value is 0.151. The maximum atomic E-state index is 12.5. The number of sulfonamides is 4. The normalized spacial score (nSPS) is 12.5. The van der Waals surface area contributed by atoms with Crippen molar-refractivity contribution in [2.75, 3.05) is 23.0 Å². The molecule has 0 saturated heterocycles. The summed E-state index contributed by atoms with van der Waals surface area (Å²) in [4.78, 5) is 23.5. The van der Waals surface area contributed by atoms with E-state index in [-0.39, 0.29) is 71.9 Å². The molecule has 0 aliphatic carbocycles. The van der Waals surface area contributed by atoms with Crippen molar-refractivity contribution in [1.82, 2.24) is 18.9 Å². The van der Waals surface area contributed by atoms with E-state index >= 15 is 0 Å². The van der Waals surface area contributed by atoms with Gasteiger partial charge in [-0.1, -0.05) is 285 Å². The Balaban J connectivity index is -0.00000144. The zero-order valence-corrected chi connectivity index (χ0v) is 58.9. The molecule has 0 spiro atoms. The molecule has 16 nitrogen and oxygen atoms in total. The standard InChI is InChI=1S/2C29H60N2O6S2.Ba/c2*1-4-6-8-10-12-14-16-18-20-22-24-26-38(34,35)30-29(3,28(32)33)31-39(36,37)27-25-23-21-19-17-15-13-11-9-7-5-2;/h2*30-31H,4-27H2,1-3H3,(H,32,33);/q;;+2/p-2. The summed E-state index contributed by atoms with van der Waals surface area (Å²) in [7, 11) is -16.0. The molecule has 0 atom stereocenters. The smallest absolute Gasteiger partial charge is 0.547 e. The Bertz CT molecular complexity index is 1660. The third-order valence-electron chi connectivity index (χ3n) is 14.3. The minimum absolute atomic E-state index is 0. The fourth-order valence-electron chi connectivity index (χ4n) is 9.48. The number of nitrogens with one attached hydrogen (secondary N) is 4. The number of rotatable bonds is 58. The number of hydrogen-bond donors (Lipinski definition) is 4. The van der Waals surface area contributed by atoms with Gasteiger partial charge in [-0.3, -0.25) is 0 Å². The second-order valence-corrected chi connectivity index (χ2v) is 30.0. The second-order valence-electron chi connectivity index (χ2n) is 22.7. The van der Waals surface area contributed by atoms with E-state index in [0.29, 0.717) is 25.7 Å². The van der Waals surface area contributed by atoms with Crippen LogP contribution < -0.4 is 29.1 Å². The molecule has 0 unspecified atom stereocenters. The first-order valence-corrected chi connectivity index (χ1v) is 38.1. The molecule has 21 heteroatoms. The second kappa shape index (κ2) is 52.5. The van der Waals surface area contributed by atoms with Crippen molar-refractivity contribution in [3.63, 3.8) is 0 Å². The summed E-state index contributed by atoms with van der Waals surface area (Å²) in [6.07, 6.45) is 47.1. The summed E-state index contributed by atoms with van der Waals surface area (Å²) >= 11 is 0. The van der Waals surface area contributed by atoms with E-state index in [1.807, 2.05) is 18.9 Å². The zero-order chi connectivity index (χ0) is 58.9. The van der Waals surface area contributed by atoms with E-state index in [1.165, 1.54) is 154 Å². The molecule has 0 amide bonds. The third kappa shape index (κ3) is 53.4. The first-order valence-electron chi connectivity index (χ1n) is 31.4. The van der Waals surface area contributed by atoms with Crippen molar-refractivity contribution >= 4 is 101 Å². The molecule has 0 aliphatic rings. The Kier molecular flexibility index (Phi) is 55.4. The molecule has 0 aromatic carbocycles. The number of carbonyl (C=O) groups excluding carboxylic acids is 2. The van der Waals surface area contributed by atoms with Crippen LogP contribution in [0.1, 0.15) is 324 Å².